The minimum Gasteiger partial charge on any atom is -0.264 e. The maximum Gasteiger partial charge on any atom is 0.0308 e. The summed E-state index contributed by atoms with van der Waals surface area (Å²) in [7, 11) is 0. The van der Waals surface area contributed by atoms with Crippen LogP contribution in [0.15, 0.2) is 35.3 Å². The maximum absolute atomic E-state index is 3.98. The number of aromatic nitrogens is 1. The van der Waals surface area contributed by atoms with Crippen LogP contribution < -0.4 is 0 Å². The van der Waals surface area contributed by atoms with Gasteiger partial charge in [-0.25, -0.2) is 0 Å². The highest BCUT2D eigenvalue weighted by atomic mass is 32.2. The number of hydrogen-bond donors (Lipinski definition) is 0. The second kappa shape index (κ2) is 6.92. The summed E-state index contributed by atoms with van der Waals surface area (Å²) in [6, 6.07) is 1.99. The molecule has 0 atom stereocenters. The molecule has 0 saturated carbocycles. The molecule has 0 aliphatic heterocycles. The van der Waals surface area contributed by atoms with Gasteiger partial charge in [-0.1, -0.05) is 32.2 Å². The van der Waals surface area contributed by atoms with Gasteiger partial charge in [-0.3, -0.25) is 4.98 Å². The zero-order valence-electron chi connectivity index (χ0n) is 7.87. The second-order valence-corrected chi connectivity index (χ2v) is 2.93. The Morgan fingerprint density at radius 2 is 2.17 bits per heavy atom. The summed E-state index contributed by atoms with van der Waals surface area (Å²) in [5.41, 5.74) is 1.20. The fourth-order valence-electron chi connectivity index (χ4n) is 0.683. The number of rotatable bonds is 2. The highest BCUT2D eigenvalue weighted by molar-refractivity contribution is 8.02. The normalized spacial score (nSPS) is 8.25. The first kappa shape index (κ1) is 11.2. The molecule has 0 saturated heterocycles. The van der Waals surface area contributed by atoms with Gasteiger partial charge in [0.15, 0.2) is 0 Å². The summed E-state index contributed by atoms with van der Waals surface area (Å²) in [5.74, 6) is 0. The monoisotopic (exact) mass is 181 g/mol. The summed E-state index contributed by atoms with van der Waals surface area (Å²) in [5, 5.41) is 1.82. The molecular weight excluding hydrogens is 166 g/mol. The van der Waals surface area contributed by atoms with Crippen molar-refractivity contribution in [2.45, 2.75) is 25.7 Å². The van der Waals surface area contributed by atoms with E-state index in [1.807, 2.05) is 38.4 Å². The van der Waals surface area contributed by atoms with Crippen LogP contribution in [0.1, 0.15) is 19.4 Å². The van der Waals surface area contributed by atoms with E-state index in [4.69, 9.17) is 0 Å². The Bertz CT molecular complexity index is 233. The topological polar surface area (TPSA) is 12.9 Å². The van der Waals surface area contributed by atoms with Crippen molar-refractivity contribution in [3.8, 4) is 0 Å². The molecule has 0 N–H and O–H groups in total. The Morgan fingerprint density at radius 1 is 1.50 bits per heavy atom. The summed E-state index contributed by atoms with van der Waals surface area (Å²) in [6.07, 6.45) is 3.64. The van der Waals surface area contributed by atoms with Crippen molar-refractivity contribution in [2.75, 3.05) is 0 Å². The van der Waals surface area contributed by atoms with Gasteiger partial charge in [0, 0.05) is 17.3 Å². The van der Waals surface area contributed by atoms with E-state index in [2.05, 4.69) is 11.6 Å². The Balaban J connectivity index is 0.000000561. The SMILES string of the molecule is C=CSc1ccncc1C.CC. The Kier molecular flexibility index (Phi) is 6.48. The third kappa shape index (κ3) is 3.58. The molecule has 0 aliphatic carbocycles. The van der Waals surface area contributed by atoms with Gasteiger partial charge in [-0.2, -0.15) is 0 Å². The third-order valence-corrected chi connectivity index (χ3v) is 2.06. The predicted molar refractivity (Wildman–Crippen MR) is 56.4 cm³/mol. The Labute approximate surface area is 78.9 Å². The van der Waals surface area contributed by atoms with Crippen LogP contribution in [0.3, 0.4) is 0 Å². The molecule has 1 heterocycles. The molecule has 1 aromatic heterocycles. The summed E-state index contributed by atoms with van der Waals surface area (Å²) < 4.78 is 0. The Hall–Kier alpha value is -0.760. The van der Waals surface area contributed by atoms with Gasteiger partial charge in [-0.15, -0.1) is 0 Å². The first-order chi connectivity index (χ1) is 5.84. The van der Waals surface area contributed by atoms with Gasteiger partial charge in [0.2, 0.25) is 0 Å². The maximum atomic E-state index is 3.98. The van der Waals surface area contributed by atoms with E-state index in [0.717, 1.165) is 0 Å². The van der Waals surface area contributed by atoms with Crippen LogP contribution in [-0.2, 0) is 0 Å². The van der Waals surface area contributed by atoms with E-state index in [9.17, 15) is 0 Å². The zero-order valence-corrected chi connectivity index (χ0v) is 8.69. The van der Waals surface area contributed by atoms with Gasteiger partial charge in [0.05, 0.1) is 0 Å². The molecule has 0 radical (unpaired) electrons. The smallest absolute Gasteiger partial charge is 0.0308 e. The number of pyridine rings is 1. The van der Waals surface area contributed by atoms with Crippen molar-refractivity contribution >= 4 is 11.8 Å². The molecule has 0 spiro atoms. The average molecular weight is 181 g/mol. The zero-order chi connectivity index (χ0) is 9.40. The van der Waals surface area contributed by atoms with E-state index in [1.54, 1.807) is 18.0 Å². The number of thioether (sulfide) groups is 1. The summed E-state index contributed by atoms with van der Waals surface area (Å²) >= 11 is 1.63. The fourth-order valence-corrected chi connectivity index (χ4v) is 1.24. The van der Waals surface area contributed by atoms with E-state index in [1.165, 1.54) is 10.5 Å². The molecule has 0 amide bonds. The van der Waals surface area contributed by atoms with E-state index < -0.39 is 0 Å². The van der Waals surface area contributed by atoms with E-state index >= 15 is 0 Å². The third-order valence-electron chi connectivity index (χ3n) is 1.18. The lowest BCUT2D eigenvalue weighted by molar-refractivity contribution is 1.19. The number of nitrogens with zero attached hydrogens (tertiary/aromatic N) is 1. The standard InChI is InChI=1S/C8H9NS.C2H6/c1-3-10-8-4-5-9-6-7(8)2;1-2/h3-6H,1H2,2H3;1-2H3. The van der Waals surface area contributed by atoms with Crippen molar-refractivity contribution in [1.82, 2.24) is 4.98 Å². The lowest BCUT2D eigenvalue weighted by atomic mass is 10.3. The molecule has 0 fully saturated rings. The van der Waals surface area contributed by atoms with Crippen molar-refractivity contribution in [3.05, 3.63) is 36.0 Å². The van der Waals surface area contributed by atoms with Gasteiger partial charge >= 0.3 is 0 Å². The lowest BCUT2D eigenvalue weighted by Gasteiger charge is -1.97. The molecule has 1 aromatic rings. The average Bonchev–Trinajstić information content (AvgIpc) is 2.13. The van der Waals surface area contributed by atoms with Crippen LogP contribution in [0.2, 0.25) is 0 Å². The number of aryl methyl sites for hydroxylation is 1. The van der Waals surface area contributed by atoms with Crippen LogP contribution in [0, 0.1) is 6.92 Å². The van der Waals surface area contributed by atoms with Crippen LogP contribution in [0.25, 0.3) is 0 Å². The van der Waals surface area contributed by atoms with E-state index in [0.29, 0.717) is 0 Å². The van der Waals surface area contributed by atoms with Crippen molar-refractivity contribution in [1.29, 1.82) is 0 Å². The van der Waals surface area contributed by atoms with Crippen LogP contribution in [0.5, 0.6) is 0 Å². The molecule has 1 nitrogen and oxygen atoms in total. The highest BCUT2D eigenvalue weighted by Gasteiger charge is 1.92. The molecule has 0 bridgehead atoms. The fraction of sp³-hybridized carbons (Fsp3) is 0.300. The van der Waals surface area contributed by atoms with Crippen molar-refractivity contribution in [2.24, 2.45) is 0 Å². The minimum atomic E-state index is 1.20. The van der Waals surface area contributed by atoms with Gasteiger partial charge in [-0.05, 0) is 24.0 Å². The van der Waals surface area contributed by atoms with Crippen molar-refractivity contribution < 1.29 is 0 Å². The molecule has 0 aromatic carbocycles. The predicted octanol–water partition coefficient (Wildman–Crippen LogP) is 3.65. The molecule has 0 aliphatic rings. The molecule has 1 rings (SSSR count). The summed E-state index contributed by atoms with van der Waals surface area (Å²) in [6.45, 7) is 9.68. The largest absolute Gasteiger partial charge is 0.264 e. The molecule has 66 valence electrons. The van der Waals surface area contributed by atoms with Crippen molar-refractivity contribution in [3.63, 3.8) is 0 Å². The quantitative estimate of drug-likeness (QED) is 0.646. The molecule has 12 heavy (non-hydrogen) atoms. The van der Waals surface area contributed by atoms with Gasteiger partial charge in [0.25, 0.3) is 0 Å². The Morgan fingerprint density at radius 3 is 2.67 bits per heavy atom. The second-order valence-electron chi connectivity index (χ2n) is 1.93. The van der Waals surface area contributed by atoms with Crippen LogP contribution in [-0.4, -0.2) is 4.98 Å². The molecular formula is C10H15NS. The van der Waals surface area contributed by atoms with Crippen LogP contribution >= 0.6 is 11.8 Å². The molecule has 2 heteroatoms. The first-order valence-corrected chi connectivity index (χ1v) is 4.90. The number of hydrogen-bond acceptors (Lipinski definition) is 2. The molecule has 0 unspecified atom stereocenters. The minimum absolute atomic E-state index is 1.20. The first-order valence-electron chi connectivity index (χ1n) is 4.03. The highest BCUT2D eigenvalue weighted by Crippen LogP contribution is 2.20. The van der Waals surface area contributed by atoms with Gasteiger partial charge in [0.1, 0.15) is 0 Å². The summed E-state index contributed by atoms with van der Waals surface area (Å²) in [4.78, 5) is 5.21. The lowest BCUT2D eigenvalue weighted by Crippen LogP contribution is -1.78. The van der Waals surface area contributed by atoms with E-state index in [-0.39, 0.29) is 0 Å². The van der Waals surface area contributed by atoms with Crippen LogP contribution in [0.4, 0.5) is 0 Å². The van der Waals surface area contributed by atoms with Gasteiger partial charge < -0.3 is 0 Å².